The summed E-state index contributed by atoms with van der Waals surface area (Å²) in [6, 6.07) is 0.480. The molecule has 1 N–H and O–H groups in total. The first-order valence-corrected chi connectivity index (χ1v) is 7.18. The molecule has 1 fully saturated rings. The zero-order valence-corrected chi connectivity index (χ0v) is 12.4. The van der Waals surface area contributed by atoms with Crippen LogP contribution in [-0.2, 0) is 11.2 Å². The first-order chi connectivity index (χ1) is 9.00. The van der Waals surface area contributed by atoms with Crippen LogP contribution in [0.1, 0.15) is 58.4 Å². The second kappa shape index (κ2) is 6.01. The normalized spacial score (nSPS) is 21.8. The molecule has 0 saturated carbocycles. The molecule has 5 nitrogen and oxygen atoms in total. The summed E-state index contributed by atoms with van der Waals surface area (Å²) in [5.74, 6) is 1.38. The van der Waals surface area contributed by atoms with E-state index in [-0.39, 0.29) is 11.5 Å². The molecule has 0 amide bonds. The van der Waals surface area contributed by atoms with Gasteiger partial charge in [-0.05, 0) is 31.7 Å². The summed E-state index contributed by atoms with van der Waals surface area (Å²) >= 11 is 0. The Hall–Kier alpha value is -0.940. The van der Waals surface area contributed by atoms with Crippen LogP contribution in [0.2, 0.25) is 0 Å². The van der Waals surface area contributed by atoms with E-state index in [9.17, 15) is 0 Å². The third-order valence-corrected chi connectivity index (χ3v) is 3.42. The van der Waals surface area contributed by atoms with Crippen molar-refractivity contribution in [3.8, 4) is 0 Å². The van der Waals surface area contributed by atoms with Crippen molar-refractivity contribution in [2.45, 2.75) is 59.1 Å². The first kappa shape index (κ1) is 14.5. The summed E-state index contributed by atoms with van der Waals surface area (Å²) in [5, 5.41) is 7.54. The molecular formula is C14H25N3O2. The highest BCUT2D eigenvalue weighted by Gasteiger charge is 2.31. The van der Waals surface area contributed by atoms with Crippen molar-refractivity contribution in [1.29, 1.82) is 0 Å². The number of nitrogens with one attached hydrogen (secondary N) is 1. The second-order valence-electron chi connectivity index (χ2n) is 6.25. The van der Waals surface area contributed by atoms with Crippen molar-refractivity contribution >= 4 is 0 Å². The van der Waals surface area contributed by atoms with E-state index in [4.69, 9.17) is 9.26 Å². The smallest absolute Gasteiger partial charge is 0.228 e. The molecule has 2 rings (SSSR count). The highest BCUT2D eigenvalue weighted by Crippen LogP contribution is 2.34. The van der Waals surface area contributed by atoms with Crippen LogP contribution in [-0.4, -0.2) is 29.3 Å². The number of aromatic nitrogens is 2. The van der Waals surface area contributed by atoms with Gasteiger partial charge < -0.3 is 14.6 Å². The molecule has 0 radical (unpaired) electrons. The fourth-order valence-electron chi connectivity index (χ4n) is 2.48. The van der Waals surface area contributed by atoms with Gasteiger partial charge in [0.1, 0.15) is 6.10 Å². The Morgan fingerprint density at radius 1 is 1.47 bits per heavy atom. The number of hydrogen-bond donors (Lipinski definition) is 1. The SMILES string of the molecule is CCOC(c1noc(CC2CCCN2)n1)C(C)(C)C. The van der Waals surface area contributed by atoms with E-state index in [2.05, 4.69) is 36.2 Å². The minimum atomic E-state index is -0.119. The monoisotopic (exact) mass is 267 g/mol. The zero-order chi connectivity index (χ0) is 13.9. The van der Waals surface area contributed by atoms with Crippen molar-refractivity contribution in [3.05, 3.63) is 11.7 Å². The molecule has 108 valence electrons. The molecule has 0 bridgehead atoms. The van der Waals surface area contributed by atoms with Crippen molar-refractivity contribution in [3.63, 3.8) is 0 Å². The van der Waals surface area contributed by atoms with E-state index in [1.165, 1.54) is 12.8 Å². The van der Waals surface area contributed by atoms with Gasteiger partial charge in [-0.3, -0.25) is 0 Å². The van der Waals surface area contributed by atoms with Crippen molar-refractivity contribution in [2.24, 2.45) is 5.41 Å². The Kier molecular flexibility index (Phi) is 4.58. The standard InChI is InChI=1S/C14H25N3O2/c1-5-18-12(14(2,3)4)13-16-11(19-17-13)9-10-7-6-8-15-10/h10,12,15H,5-9H2,1-4H3. The Balaban J connectivity index is 2.05. The fourth-order valence-corrected chi connectivity index (χ4v) is 2.48. The summed E-state index contributed by atoms with van der Waals surface area (Å²) in [6.45, 7) is 10.1. The first-order valence-electron chi connectivity index (χ1n) is 7.18. The van der Waals surface area contributed by atoms with Crippen LogP contribution >= 0.6 is 0 Å². The highest BCUT2D eigenvalue weighted by atomic mass is 16.5. The third-order valence-electron chi connectivity index (χ3n) is 3.42. The van der Waals surface area contributed by atoms with E-state index < -0.39 is 0 Å². The van der Waals surface area contributed by atoms with E-state index >= 15 is 0 Å². The fraction of sp³-hybridized carbons (Fsp3) is 0.857. The van der Waals surface area contributed by atoms with Crippen LogP contribution in [0.25, 0.3) is 0 Å². The number of ether oxygens (including phenoxy) is 1. The predicted octanol–water partition coefficient (Wildman–Crippen LogP) is 2.49. The number of nitrogens with zero attached hydrogens (tertiary/aromatic N) is 2. The van der Waals surface area contributed by atoms with Gasteiger partial charge >= 0.3 is 0 Å². The lowest BCUT2D eigenvalue weighted by molar-refractivity contribution is -0.0203. The Morgan fingerprint density at radius 2 is 2.26 bits per heavy atom. The van der Waals surface area contributed by atoms with Crippen molar-refractivity contribution in [1.82, 2.24) is 15.5 Å². The maximum atomic E-state index is 5.78. The highest BCUT2D eigenvalue weighted by molar-refractivity contribution is 4.98. The summed E-state index contributed by atoms with van der Waals surface area (Å²) in [7, 11) is 0. The van der Waals surface area contributed by atoms with Gasteiger partial charge in [0.25, 0.3) is 0 Å². The van der Waals surface area contributed by atoms with E-state index in [0.29, 0.717) is 24.4 Å². The van der Waals surface area contributed by atoms with E-state index in [0.717, 1.165) is 13.0 Å². The van der Waals surface area contributed by atoms with Gasteiger partial charge in [-0.15, -0.1) is 0 Å². The Morgan fingerprint density at radius 3 is 2.84 bits per heavy atom. The molecule has 1 aromatic heterocycles. The maximum absolute atomic E-state index is 5.78. The number of hydrogen-bond acceptors (Lipinski definition) is 5. The van der Waals surface area contributed by atoms with Gasteiger partial charge in [0.05, 0.1) is 0 Å². The molecule has 2 atom stereocenters. The topological polar surface area (TPSA) is 60.2 Å². The minimum Gasteiger partial charge on any atom is -0.370 e. The molecule has 1 aliphatic heterocycles. The van der Waals surface area contributed by atoms with Gasteiger partial charge in [-0.2, -0.15) is 4.98 Å². The summed E-state index contributed by atoms with van der Waals surface area (Å²) in [6.07, 6.45) is 3.11. The molecule has 0 spiro atoms. The molecule has 1 aliphatic rings. The summed E-state index contributed by atoms with van der Waals surface area (Å²) < 4.78 is 11.1. The average Bonchev–Trinajstić information content (AvgIpc) is 2.96. The quantitative estimate of drug-likeness (QED) is 0.888. The van der Waals surface area contributed by atoms with Gasteiger partial charge in [0.15, 0.2) is 0 Å². The lowest BCUT2D eigenvalue weighted by Crippen LogP contribution is -2.24. The van der Waals surface area contributed by atoms with E-state index in [1.54, 1.807) is 0 Å². The van der Waals surface area contributed by atoms with Crippen LogP contribution in [0, 0.1) is 5.41 Å². The third kappa shape index (κ3) is 3.76. The molecule has 0 aliphatic carbocycles. The number of rotatable bonds is 5. The largest absolute Gasteiger partial charge is 0.370 e. The van der Waals surface area contributed by atoms with Crippen LogP contribution in [0.15, 0.2) is 4.52 Å². The van der Waals surface area contributed by atoms with Crippen LogP contribution in [0.3, 0.4) is 0 Å². The van der Waals surface area contributed by atoms with Gasteiger partial charge in [0, 0.05) is 19.1 Å². The summed E-state index contributed by atoms with van der Waals surface area (Å²) in [5.41, 5.74) is -0.0389. The molecular weight excluding hydrogens is 242 g/mol. The maximum Gasteiger partial charge on any atom is 0.228 e. The molecule has 1 saturated heterocycles. The zero-order valence-electron chi connectivity index (χ0n) is 12.4. The van der Waals surface area contributed by atoms with Crippen molar-refractivity contribution in [2.75, 3.05) is 13.2 Å². The molecule has 5 heteroatoms. The average molecular weight is 267 g/mol. The molecule has 2 heterocycles. The van der Waals surface area contributed by atoms with Crippen LogP contribution in [0.5, 0.6) is 0 Å². The Labute approximate surface area is 115 Å². The second-order valence-corrected chi connectivity index (χ2v) is 6.25. The van der Waals surface area contributed by atoms with Gasteiger partial charge in [0.2, 0.25) is 11.7 Å². The van der Waals surface area contributed by atoms with Crippen molar-refractivity contribution < 1.29 is 9.26 Å². The molecule has 2 unspecified atom stereocenters. The van der Waals surface area contributed by atoms with Crippen LogP contribution in [0.4, 0.5) is 0 Å². The van der Waals surface area contributed by atoms with Crippen LogP contribution < -0.4 is 5.32 Å². The summed E-state index contributed by atoms with van der Waals surface area (Å²) in [4.78, 5) is 4.52. The Bertz CT molecular complexity index is 392. The molecule has 1 aromatic rings. The minimum absolute atomic E-state index is 0.0389. The molecule has 19 heavy (non-hydrogen) atoms. The lowest BCUT2D eigenvalue weighted by Gasteiger charge is -2.27. The molecule has 0 aromatic carbocycles. The van der Waals surface area contributed by atoms with Gasteiger partial charge in [-0.1, -0.05) is 25.9 Å². The van der Waals surface area contributed by atoms with E-state index in [1.807, 2.05) is 6.92 Å². The lowest BCUT2D eigenvalue weighted by atomic mass is 9.88. The van der Waals surface area contributed by atoms with Gasteiger partial charge in [-0.25, -0.2) is 0 Å². The predicted molar refractivity (Wildman–Crippen MR) is 72.8 cm³/mol.